The first-order valence-electron chi connectivity index (χ1n) is 11.4. The van der Waals surface area contributed by atoms with E-state index >= 15 is 0 Å². The molecule has 3 heterocycles. The number of aliphatic carboxylic acids is 1. The van der Waals surface area contributed by atoms with Crippen LogP contribution in [0.1, 0.15) is 26.2 Å². The van der Waals surface area contributed by atoms with Gasteiger partial charge in [-0.3, -0.25) is 9.80 Å². The number of benzene rings is 1. The Morgan fingerprint density at radius 2 is 1.86 bits per heavy atom. The van der Waals surface area contributed by atoms with E-state index in [-0.39, 0.29) is 6.10 Å². The van der Waals surface area contributed by atoms with E-state index in [0.717, 1.165) is 23.7 Å². The third-order valence-electron chi connectivity index (χ3n) is 6.34. The summed E-state index contributed by atoms with van der Waals surface area (Å²) in [4.78, 5) is 17.8. The zero-order valence-electron chi connectivity index (χ0n) is 19.7. The molecule has 2 aliphatic heterocycles. The number of pyridine rings is 1. The van der Waals surface area contributed by atoms with Gasteiger partial charge in [-0.15, -0.1) is 0 Å². The van der Waals surface area contributed by atoms with Crippen LogP contribution < -0.4 is 19.4 Å². The number of piperidine rings is 1. The molecule has 2 unspecified atom stereocenters. The minimum absolute atomic E-state index is 0.0467. The molecule has 2 atom stereocenters. The van der Waals surface area contributed by atoms with E-state index in [1.54, 1.807) is 36.4 Å². The average molecular weight is 527 g/mol. The quantitative estimate of drug-likeness (QED) is 0.542. The Morgan fingerprint density at radius 1 is 1.19 bits per heavy atom. The van der Waals surface area contributed by atoms with Gasteiger partial charge in [0.15, 0.2) is 0 Å². The maximum Gasteiger partial charge on any atom is 0.431 e. The van der Waals surface area contributed by atoms with Crippen molar-refractivity contribution < 1.29 is 32.5 Å². The fourth-order valence-electron chi connectivity index (χ4n) is 4.48. The lowest BCUT2D eigenvalue weighted by atomic mass is 9.94. The van der Waals surface area contributed by atoms with Crippen molar-refractivity contribution in [2.75, 3.05) is 30.1 Å². The third-order valence-corrected chi connectivity index (χ3v) is 6.56. The molecule has 0 bridgehead atoms. The van der Waals surface area contributed by atoms with Crippen LogP contribution in [-0.4, -0.2) is 60.3 Å². The molecular formula is C24H26ClF3N4O4. The van der Waals surface area contributed by atoms with Gasteiger partial charge in [-0.05, 0) is 30.3 Å². The van der Waals surface area contributed by atoms with Gasteiger partial charge in [0.2, 0.25) is 5.88 Å². The predicted molar refractivity (Wildman–Crippen MR) is 129 cm³/mol. The molecule has 194 valence electrons. The molecule has 1 aromatic heterocycles. The van der Waals surface area contributed by atoms with Crippen LogP contribution >= 0.6 is 11.6 Å². The van der Waals surface area contributed by atoms with Crippen LogP contribution in [-0.2, 0) is 4.79 Å². The molecule has 1 aromatic carbocycles. The van der Waals surface area contributed by atoms with Crippen LogP contribution in [0.3, 0.4) is 0 Å². The molecule has 4 rings (SSSR count). The first-order valence-corrected chi connectivity index (χ1v) is 11.8. The fourth-order valence-corrected chi connectivity index (χ4v) is 4.67. The topological polar surface area (TPSA) is 87.5 Å². The van der Waals surface area contributed by atoms with Crippen molar-refractivity contribution in [1.29, 1.82) is 0 Å². The first kappa shape index (κ1) is 25.9. The first-order chi connectivity index (χ1) is 17.0. The number of hydrazone groups is 1. The number of hydrogen-bond acceptors (Lipinski definition) is 7. The van der Waals surface area contributed by atoms with Crippen LogP contribution in [0.4, 0.5) is 24.7 Å². The molecule has 1 N–H and O–H groups in total. The number of carboxylic acid groups (broad SMARTS) is 1. The van der Waals surface area contributed by atoms with Crippen molar-refractivity contribution in [1.82, 2.24) is 4.98 Å². The monoisotopic (exact) mass is 526 g/mol. The Labute approximate surface area is 211 Å². The smallest absolute Gasteiger partial charge is 0.431 e. The van der Waals surface area contributed by atoms with Gasteiger partial charge in [0.25, 0.3) is 0 Å². The van der Waals surface area contributed by atoms with Crippen molar-refractivity contribution >= 4 is 34.8 Å². The van der Waals surface area contributed by atoms with Gasteiger partial charge in [-0.25, -0.2) is 0 Å². The van der Waals surface area contributed by atoms with Crippen LogP contribution in [0.2, 0.25) is 5.02 Å². The zero-order chi connectivity index (χ0) is 26.0. The third kappa shape index (κ3) is 5.77. The highest BCUT2D eigenvalue weighted by Gasteiger charge is 2.48. The highest BCUT2D eigenvalue weighted by Crippen LogP contribution is 2.37. The van der Waals surface area contributed by atoms with Gasteiger partial charge in [-0.1, -0.05) is 18.5 Å². The number of aromatic nitrogens is 1. The van der Waals surface area contributed by atoms with E-state index in [0.29, 0.717) is 35.4 Å². The summed E-state index contributed by atoms with van der Waals surface area (Å²) in [6, 6.07) is 9.01. The summed E-state index contributed by atoms with van der Waals surface area (Å²) in [5.41, 5.74) is -0.608. The Bertz CT molecular complexity index is 1120. The fraction of sp³-hybridized carbons (Fsp3) is 0.458. The molecule has 36 heavy (non-hydrogen) atoms. The number of rotatable bonds is 7. The van der Waals surface area contributed by atoms with Crippen molar-refractivity contribution in [3.63, 3.8) is 0 Å². The maximum absolute atomic E-state index is 13.4. The highest BCUT2D eigenvalue weighted by atomic mass is 35.5. The molecule has 0 spiro atoms. The summed E-state index contributed by atoms with van der Waals surface area (Å²) in [6.45, 7) is 2.76. The van der Waals surface area contributed by atoms with Crippen molar-refractivity contribution in [2.24, 2.45) is 11.0 Å². The number of carbonyl (C=O) groups is 1. The van der Waals surface area contributed by atoms with Crippen LogP contribution in [0.15, 0.2) is 41.5 Å². The summed E-state index contributed by atoms with van der Waals surface area (Å²) in [6.07, 6.45) is -3.67. The molecule has 1 fully saturated rings. The SMILES string of the molecule is COc1cc(Cl)cc(N2CCC(Oc3ccc(N4N=C(C(F)(F)F)C(C)C4CC(=O)O)cc3)CC2)n1. The van der Waals surface area contributed by atoms with Crippen molar-refractivity contribution in [3.8, 4) is 11.6 Å². The summed E-state index contributed by atoms with van der Waals surface area (Å²) in [5, 5.41) is 14.6. The molecule has 8 nitrogen and oxygen atoms in total. The Balaban J connectivity index is 1.40. The Kier molecular flexibility index (Phi) is 7.49. The average Bonchev–Trinajstić information content (AvgIpc) is 3.15. The molecule has 2 aromatic rings. The second-order valence-corrected chi connectivity index (χ2v) is 9.20. The number of anilines is 2. The summed E-state index contributed by atoms with van der Waals surface area (Å²) < 4.78 is 51.4. The van der Waals surface area contributed by atoms with E-state index in [9.17, 15) is 23.1 Å². The number of halogens is 4. The number of ether oxygens (including phenoxy) is 2. The summed E-state index contributed by atoms with van der Waals surface area (Å²) in [7, 11) is 1.53. The van der Waals surface area contributed by atoms with E-state index < -0.39 is 36.2 Å². The standard InChI is InChI=1S/C24H26ClF3N4O4/c1-14-19(13-22(33)34)32(30-23(14)24(26,27)28)16-3-5-17(6-4-16)36-18-7-9-31(10-8-18)20-11-15(25)12-21(29-20)35-2/h3-6,11-12,14,18-19H,7-10,13H2,1-2H3,(H,33,34). The second kappa shape index (κ2) is 10.4. The normalized spacial score (nSPS) is 20.9. The summed E-state index contributed by atoms with van der Waals surface area (Å²) >= 11 is 6.15. The van der Waals surface area contributed by atoms with Gasteiger partial charge in [0, 0.05) is 42.9 Å². The molecule has 2 aliphatic rings. The molecule has 0 saturated carbocycles. The number of hydrogen-bond donors (Lipinski definition) is 1. The van der Waals surface area contributed by atoms with Gasteiger partial charge < -0.3 is 19.5 Å². The van der Waals surface area contributed by atoms with E-state index in [4.69, 9.17) is 21.1 Å². The van der Waals surface area contributed by atoms with Gasteiger partial charge in [0.05, 0.1) is 25.3 Å². The highest BCUT2D eigenvalue weighted by molar-refractivity contribution is 6.30. The largest absolute Gasteiger partial charge is 0.490 e. The van der Waals surface area contributed by atoms with Crippen LogP contribution in [0, 0.1) is 5.92 Å². The number of carboxylic acids is 1. The van der Waals surface area contributed by atoms with E-state index in [1.807, 2.05) is 0 Å². The Morgan fingerprint density at radius 3 is 2.44 bits per heavy atom. The van der Waals surface area contributed by atoms with Crippen molar-refractivity contribution in [3.05, 3.63) is 41.4 Å². The van der Waals surface area contributed by atoms with Crippen LogP contribution in [0.25, 0.3) is 0 Å². The summed E-state index contributed by atoms with van der Waals surface area (Å²) in [5.74, 6) is -0.511. The second-order valence-electron chi connectivity index (χ2n) is 8.77. The van der Waals surface area contributed by atoms with E-state index in [2.05, 4.69) is 15.0 Å². The molecule has 0 amide bonds. The Hall–Kier alpha value is -3.21. The van der Waals surface area contributed by atoms with Gasteiger partial charge in [-0.2, -0.15) is 23.3 Å². The molecule has 0 aliphatic carbocycles. The predicted octanol–water partition coefficient (Wildman–Crippen LogP) is 5.01. The number of methoxy groups -OCH3 is 1. The minimum Gasteiger partial charge on any atom is -0.490 e. The number of alkyl halides is 3. The lowest BCUT2D eigenvalue weighted by Crippen LogP contribution is -2.38. The lowest BCUT2D eigenvalue weighted by molar-refractivity contribution is -0.137. The maximum atomic E-state index is 13.4. The van der Waals surface area contributed by atoms with Crippen LogP contribution in [0.5, 0.6) is 11.6 Å². The minimum atomic E-state index is -4.63. The molecule has 12 heteroatoms. The van der Waals surface area contributed by atoms with E-state index in [1.165, 1.54) is 14.0 Å². The molecule has 1 saturated heterocycles. The van der Waals surface area contributed by atoms with Gasteiger partial charge >= 0.3 is 12.1 Å². The molecule has 0 radical (unpaired) electrons. The van der Waals surface area contributed by atoms with Gasteiger partial charge in [0.1, 0.15) is 23.4 Å². The zero-order valence-corrected chi connectivity index (χ0v) is 20.5. The number of nitrogens with zero attached hydrogens (tertiary/aromatic N) is 4. The van der Waals surface area contributed by atoms with Crippen molar-refractivity contribution in [2.45, 2.75) is 44.5 Å². The molecular weight excluding hydrogens is 501 g/mol. The lowest BCUT2D eigenvalue weighted by Gasteiger charge is -2.33.